The first-order valence-electron chi connectivity index (χ1n) is 10.3. The van der Waals surface area contributed by atoms with Gasteiger partial charge in [-0.2, -0.15) is 0 Å². The van der Waals surface area contributed by atoms with E-state index in [1.165, 1.54) is 0 Å². The van der Waals surface area contributed by atoms with Crippen LogP contribution in [0.3, 0.4) is 0 Å². The van der Waals surface area contributed by atoms with Gasteiger partial charge in [0.2, 0.25) is 0 Å². The lowest BCUT2D eigenvalue weighted by atomic mass is 9.65. The van der Waals surface area contributed by atoms with E-state index >= 15 is 0 Å². The molecule has 1 unspecified atom stereocenters. The molecular weight excluding hydrogens is 379 g/mol. The van der Waals surface area contributed by atoms with Gasteiger partial charge in [0, 0.05) is 17.6 Å². The minimum absolute atomic E-state index is 0.0790. The van der Waals surface area contributed by atoms with Crippen LogP contribution in [-0.4, -0.2) is 23.8 Å². The molecule has 6 heteroatoms. The predicted octanol–water partition coefficient (Wildman–Crippen LogP) is 5.37. The average Bonchev–Trinajstić information content (AvgIpc) is 2.70. The lowest BCUT2D eigenvalue weighted by Gasteiger charge is -2.44. The Morgan fingerprint density at radius 1 is 1.36 bits per heavy atom. The summed E-state index contributed by atoms with van der Waals surface area (Å²) in [7, 11) is 0. The van der Waals surface area contributed by atoms with Crippen LogP contribution in [0.5, 0.6) is 5.75 Å². The van der Waals surface area contributed by atoms with Crippen molar-refractivity contribution in [1.29, 1.82) is 0 Å². The topological polar surface area (TPSA) is 68.1 Å². The lowest BCUT2D eigenvalue weighted by Crippen LogP contribution is -2.45. The number of fused-ring (bicyclic) bond motifs is 1. The SMILES string of the molecule is CCC(N)C1(CCCCF)CCC(Oc2cc3cc[nH]c(=O)c3cc2Cl)CC1. The Bertz CT molecular complexity index is 846. The molecule has 0 spiro atoms. The Balaban J connectivity index is 1.70. The average molecular weight is 409 g/mol. The van der Waals surface area contributed by atoms with E-state index in [0.717, 1.165) is 50.3 Å². The van der Waals surface area contributed by atoms with E-state index in [9.17, 15) is 9.18 Å². The molecule has 1 aliphatic rings. The van der Waals surface area contributed by atoms with Crippen LogP contribution in [0.4, 0.5) is 4.39 Å². The summed E-state index contributed by atoms with van der Waals surface area (Å²) in [5.41, 5.74) is 6.41. The molecule has 1 saturated carbocycles. The van der Waals surface area contributed by atoms with Crippen molar-refractivity contribution < 1.29 is 9.13 Å². The Morgan fingerprint density at radius 2 is 2.11 bits per heavy atom. The number of unbranched alkanes of at least 4 members (excludes halogenated alkanes) is 1. The molecule has 1 aliphatic carbocycles. The van der Waals surface area contributed by atoms with Gasteiger partial charge >= 0.3 is 0 Å². The monoisotopic (exact) mass is 408 g/mol. The summed E-state index contributed by atoms with van der Waals surface area (Å²) in [5, 5.41) is 1.83. The van der Waals surface area contributed by atoms with Crippen LogP contribution >= 0.6 is 11.6 Å². The minimum Gasteiger partial charge on any atom is -0.489 e. The largest absolute Gasteiger partial charge is 0.489 e. The molecule has 154 valence electrons. The number of nitrogens with one attached hydrogen (secondary N) is 1. The molecule has 4 nitrogen and oxygen atoms in total. The molecule has 28 heavy (non-hydrogen) atoms. The van der Waals surface area contributed by atoms with Gasteiger partial charge in [0.05, 0.1) is 17.8 Å². The number of H-pyrrole nitrogens is 1. The number of benzene rings is 1. The van der Waals surface area contributed by atoms with Gasteiger partial charge in [-0.05, 0) is 73.9 Å². The molecule has 1 aromatic carbocycles. The van der Waals surface area contributed by atoms with Crippen LogP contribution in [0.1, 0.15) is 58.3 Å². The third-order valence-corrected chi connectivity index (χ3v) is 6.63. The zero-order chi connectivity index (χ0) is 20.1. The molecule has 2 aromatic rings. The van der Waals surface area contributed by atoms with E-state index in [4.69, 9.17) is 22.1 Å². The van der Waals surface area contributed by atoms with Crippen molar-refractivity contribution in [3.8, 4) is 5.75 Å². The third-order valence-electron chi connectivity index (χ3n) is 6.33. The van der Waals surface area contributed by atoms with Gasteiger partial charge in [0.25, 0.3) is 5.56 Å². The second-order valence-electron chi connectivity index (χ2n) is 8.02. The molecule has 0 amide bonds. The van der Waals surface area contributed by atoms with E-state index in [1.807, 2.05) is 12.1 Å². The predicted molar refractivity (Wildman–Crippen MR) is 113 cm³/mol. The first-order chi connectivity index (χ1) is 13.5. The van der Waals surface area contributed by atoms with Crippen molar-refractivity contribution >= 4 is 22.4 Å². The molecule has 0 radical (unpaired) electrons. The number of aromatic amines is 1. The Labute approximate surface area is 170 Å². The van der Waals surface area contributed by atoms with E-state index in [1.54, 1.807) is 12.3 Å². The summed E-state index contributed by atoms with van der Waals surface area (Å²) in [6.07, 6.45) is 8.93. The van der Waals surface area contributed by atoms with Crippen molar-refractivity contribution in [3.05, 3.63) is 39.8 Å². The molecule has 1 atom stereocenters. The second-order valence-corrected chi connectivity index (χ2v) is 8.42. The van der Waals surface area contributed by atoms with Crippen molar-refractivity contribution in [2.75, 3.05) is 6.67 Å². The van der Waals surface area contributed by atoms with E-state index < -0.39 is 0 Å². The van der Waals surface area contributed by atoms with Crippen molar-refractivity contribution in [2.24, 2.45) is 11.1 Å². The highest BCUT2D eigenvalue weighted by Crippen LogP contribution is 2.45. The summed E-state index contributed by atoms with van der Waals surface area (Å²) in [6.45, 7) is 1.87. The van der Waals surface area contributed by atoms with Crippen molar-refractivity contribution in [1.82, 2.24) is 4.98 Å². The molecule has 1 aromatic heterocycles. The van der Waals surface area contributed by atoms with Crippen LogP contribution in [0.25, 0.3) is 10.8 Å². The van der Waals surface area contributed by atoms with Crippen molar-refractivity contribution in [3.63, 3.8) is 0 Å². The highest BCUT2D eigenvalue weighted by atomic mass is 35.5. The molecular formula is C22H30ClFN2O2. The van der Waals surface area contributed by atoms with Gasteiger partial charge in [-0.25, -0.2) is 0 Å². The summed E-state index contributed by atoms with van der Waals surface area (Å²) in [4.78, 5) is 14.6. The van der Waals surface area contributed by atoms with E-state index in [0.29, 0.717) is 22.6 Å². The number of hydrogen-bond donors (Lipinski definition) is 2. The minimum atomic E-state index is -0.257. The molecule has 1 heterocycles. The summed E-state index contributed by atoms with van der Waals surface area (Å²) in [6, 6.07) is 5.50. The van der Waals surface area contributed by atoms with E-state index in [-0.39, 0.29) is 29.8 Å². The van der Waals surface area contributed by atoms with Crippen LogP contribution in [0.2, 0.25) is 5.02 Å². The maximum absolute atomic E-state index is 12.5. The van der Waals surface area contributed by atoms with Crippen LogP contribution in [0.15, 0.2) is 29.2 Å². The Hall–Kier alpha value is -1.59. The number of halogens is 2. The molecule has 1 fully saturated rings. The highest BCUT2D eigenvalue weighted by molar-refractivity contribution is 6.32. The molecule has 0 saturated heterocycles. The first kappa shape index (κ1) is 21.1. The summed E-state index contributed by atoms with van der Waals surface area (Å²) in [5.74, 6) is 0.620. The van der Waals surface area contributed by atoms with E-state index in [2.05, 4.69) is 11.9 Å². The fraction of sp³-hybridized carbons (Fsp3) is 0.591. The fourth-order valence-corrected chi connectivity index (χ4v) is 4.76. The van der Waals surface area contributed by atoms with Crippen LogP contribution < -0.4 is 16.0 Å². The number of alkyl halides is 1. The maximum atomic E-state index is 12.5. The number of pyridine rings is 1. The van der Waals surface area contributed by atoms with Gasteiger partial charge in [0.1, 0.15) is 5.75 Å². The first-order valence-corrected chi connectivity index (χ1v) is 10.7. The van der Waals surface area contributed by atoms with Gasteiger partial charge in [0.15, 0.2) is 0 Å². The maximum Gasteiger partial charge on any atom is 0.255 e. The van der Waals surface area contributed by atoms with Gasteiger partial charge < -0.3 is 15.5 Å². The number of rotatable bonds is 8. The number of ether oxygens (including phenoxy) is 1. The van der Waals surface area contributed by atoms with Gasteiger partial charge in [-0.15, -0.1) is 0 Å². The molecule has 0 aliphatic heterocycles. The Kier molecular flexibility index (Phi) is 7.00. The highest BCUT2D eigenvalue weighted by Gasteiger charge is 2.39. The zero-order valence-corrected chi connectivity index (χ0v) is 17.2. The molecule has 3 N–H and O–H groups in total. The standard InChI is InChI=1S/C22H30ClFN2O2/c1-2-20(25)22(8-3-4-11-24)9-5-16(6-10-22)28-19-13-15-7-12-26-21(27)17(15)14-18(19)23/h7,12-14,16,20H,2-6,8-11,25H2,1H3,(H,26,27). The summed E-state index contributed by atoms with van der Waals surface area (Å²) >= 11 is 6.37. The van der Waals surface area contributed by atoms with Crippen molar-refractivity contribution in [2.45, 2.75) is 70.4 Å². The number of aromatic nitrogens is 1. The number of nitrogens with two attached hydrogens (primary N) is 1. The van der Waals surface area contributed by atoms with Crippen LogP contribution in [-0.2, 0) is 0 Å². The molecule has 3 rings (SSSR count). The number of hydrogen-bond acceptors (Lipinski definition) is 3. The lowest BCUT2D eigenvalue weighted by molar-refractivity contribution is 0.0512. The third kappa shape index (κ3) is 4.52. The van der Waals surface area contributed by atoms with Crippen LogP contribution in [0, 0.1) is 5.41 Å². The normalized spacial score (nSPS) is 23.6. The molecule has 0 bridgehead atoms. The fourth-order valence-electron chi connectivity index (χ4n) is 4.55. The second kappa shape index (κ2) is 9.27. The van der Waals surface area contributed by atoms with Gasteiger partial charge in [-0.1, -0.05) is 24.9 Å². The summed E-state index contributed by atoms with van der Waals surface area (Å²) < 4.78 is 18.8. The quantitative estimate of drug-likeness (QED) is 0.577. The zero-order valence-electron chi connectivity index (χ0n) is 16.5. The smallest absolute Gasteiger partial charge is 0.255 e. The van der Waals surface area contributed by atoms with Gasteiger partial charge in [-0.3, -0.25) is 9.18 Å². The Morgan fingerprint density at radius 3 is 2.79 bits per heavy atom.